The summed E-state index contributed by atoms with van der Waals surface area (Å²) >= 11 is 1.75. The number of methoxy groups -OCH3 is 1. The van der Waals surface area contributed by atoms with Crippen LogP contribution in [-0.2, 0) is 12.3 Å². The second kappa shape index (κ2) is 7.26. The van der Waals surface area contributed by atoms with Crippen molar-refractivity contribution in [1.29, 1.82) is 0 Å². The monoisotopic (exact) mass is 277 g/mol. The summed E-state index contributed by atoms with van der Waals surface area (Å²) in [4.78, 5) is 1.18. The fourth-order valence-corrected chi connectivity index (χ4v) is 2.53. The Balaban J connectivity index is 1.89. The van der Waals surface area contributed by atoms with E-state index in [9.17, 15) is 0 Å². The van der Waals surface area contributed by atoms with Gasteiger partial charge in [0.05, 0.1) is 19.4 Å². The van der Waals surface area contributed by atoms with Gasteiger partial charge in [-0.15, -0.1) is 11.8 Å². The van der Waals surface area contributed by atoms with Crippen LogP contribution in [0.15, 0.2) is 45.7 Å². The molecular formula is C15H19NO2S. The third-order valence-corrected chi connectivity index (χ3v) is 3.70. The first-order chi connectivity index (χ1) is 9.31. The highest BCUT2D eigenvalue weighted by Gasteiger charge is 2.03. The van der Waals surface area contributed by atoms with Gasteiger partial charge < -0.3 is 14.5 Å². The molecule has 0 aliphatic carbocycles. The van der Waals surface area contributed by atoms with E-state index >= 15 is 0 Å². The molecule has 0 spiro atoms. The van der Waals surface area contributed by atoms with E-state index in [0.29, 0.717) is 0 Å². The van der Waals surface area contributed by atoms with Crippen molar-refractivity contribution in [2.24, 2.45) is 0 Å². The van der Waals surface area contributed by atoms with E-state index in [4.69, 9.17) is 9.15 Å². The van der Waals surface area contributed by atoms with Gasteiger partial charge in [0.15, 0.2) is 0 Å². The molecular weight excluding hydrogens is 258 g/mol. The van der Waals surface area contributed by atoms with Gasteiger partial charge in [-0.25, -0.2) is 0 Å². The second-order valence-electron chi connectivity index (χ2n) is 4.12. The lowest BCUT2D eigenvalue weighted by atomic mass is 10.3. The minimum Gasteiger partial charge on any atom is -0.497 e. The summed E-state index contributed by atoms with van der Waals surface area (Å²) in [5, 5.41) is 3.25. The van der Waals surface area contributed by atoms with Crippen molar-refractivity contribution < 1.29 is 9.15 Å². The van der Waals surface area contributed by atoms with Crippen molar-refractivity contribution in [2.45, 2.75) is 24.1 Å². The van der Waals surface area contributed by atoms with Crippen LogP contribution in [0.4, 0.5) is 0 Å². The molecule has 1 N–H and O–H groups in total. The number of hydrogen-bond donors (Lipinski definition) is 1. The quantitative estimate of drug-likeness (QED) is 0.783. The zero-order valence-electron chi connectivity index (χ0n) is 11.3. The number of benzene rings is 1. The summed E-state index contributed by atoms with van der Waals surface area (Å²) in [6, 6.07) is 12.1. The zero-order valence-corrected chi connectivity index (χ0v) is 12.1. The van der Waals surface area contributed by atoms with Crippen molar-refractivity contribution in [3.05, 3.63) is 47.9 Å². The molecule has 4 heteroatoms. The Kier molecular flexibility index (Phi) is 5.36. The summed E-state index contributed by atoms with van der Waals surface area (Å²) in [5.74, 6) is 3.71. The van der Waals surface area contributed by atoms with Crippen LogP contribution in [0, 0.1) is 0 Å². The first kappa shape index (κ1) is 14.0. The molecule has 0 radical (unpaired) electrons. The Morgan fingerprint density at radius 3 is 2.84 bits per heavy atom. The number of thioether (sulfide) groups is 1. The van der Waals surface area contributed by atoms with Gasteiger partial charge in [0.25, 0.3) is 0 Å². The molecule has 0 unspecified atom stereocenters. The highest BCUT2D eigenvalue weighted by Crippen LogP contribution is 2.26. The third kappa shape index (κ3) is 4.33. The standard InChI is InChI=1S/C15H19NO2S/c1-3-16-10-13-7-8-14(18-13)11-19-15-6-4-5-12(9-15)17-2/h4-9,16H,3,10-11H2,1-2H3. The van der Waals surface area contributed by atoms with Crippen LogP contribution >= 0.6 is 11.8 Å². The topological polar surface area (TPSA) is 34.4 Å². The number of hydrogen-bond acceptors (Lipinski definition) is 4. The maximum absolute atomic E-state index is 5.75. The molecule has 0 fully saturated rings. The maximum Gasteiger partial charge on any atom is 0.119 e. The van der Waals surface area contributed by atoms with Gasteiger partial charge in [-0.05, 0) is 36.9 Å². The molecule has 0 atom stereocenters. The van der Waals surface area contributed by atoms with E-state index in [-0.39, 0.29) is 0 Å². The summed E-state index contributed by atoms with van der Waals surface area (Å²) < 4.78 is 11.0. The number of rotatable bonds is 7. The SMILES string of the molecule is CCNCc1ccc(CSc2cccc(OC)c2)o1. The van der Waals surface area contributed by atoms with Gasteiger partial charge in [-0.1, -0.05) is 13.0 Å². The van der Waals surface area contributed by atoms with Crippen molar-refractivity contribution >= 4 is 11.8 Å². The fraction of sp³-hybridized carbons (Fsp3) is 0.333. The molecule has 2 aromatic rings. The molecule has 0 amide bonds. The van der Waals surface area contributed by atoms with E-state index < -0.39 is 0 Å². The first-order valence-electron chi connectivity index (χ1n) is 6.37. The minimum atomic E-state index is 0.792. The molecule has 0 saturated carbocycles. The molecule has 0 aliphatic rings. The molecule has 102 valence electrons. The number of furan rings is 1. The van der Waals surface area contributed by atoms with Crippen molar-refractivity contribution in [1.82, 2.24) is 5.32 Å². The highest BCUT2D eigenvalue weighted by molar-refractivity contribution is 7.98. The predicted octanol–water partition coefficient (Wildman–Crippen LogP) is 3.69. The van der Waals surface area contributed by atoms with Crippen molar-refractivity contribution in [3.8, 4) is 5.75 Å². The fourth-order valence-electron chi connectivity index (χ4n) is 1.69. The summed E-state index contributed by atoms with van der Waals surface area (Å²) in [6.45, 7) is 3.83. The van der Waals surface area contributed by atoms with Crippen LogP contribution in [0.25, 0.3) is 0 Å². The molecule has 19 heavy (non-hydrogen) atoms. The Morgan fingerprint density at radius 1 is 1.21 bits per heavy atom. The van der Waals surface area contributed by atoms with Crippen LogP contribution in [0.1, 0.15) is 18.4 Å². The van der Waals surface area contributed by atoms with Crippen LogP contribution in [0.3, 0.4) is 0 Å². The van der Waals surface area contributed by atoms with Crippen LogP contribution in [0.5, 0.6) is 5.75 Å². The smallest absolute Gasteiger partial charge is 0.119 e. The maximum atomic E-state index is 5.75. The molecule has 1 heterocycles. The van der Waals surface area contributed by atoms with E-state index in [2.05, 4.69) is 18.3 Å². The van der Waals surface area contributed by atoms with Crippen molar-refractivity contribution in [3.63, 3.8) is 0 Å². The Labute approximate surface area is 118 Å². The normalized spacial score (nSPS) is 10.6. The zero-order chi connectivity index (χ0) is 13.5. The van der Waals surface area contributed by atoms with Gasteiger partial charge in [-0.2, -0.15) is 0 Å². The Hall–Kier alpha value is -1.39. The number of ether oxygens (including phenoxy) is 1. The molecule has 1 aromatic carbocycles. The molecule has 0 saturated heterocycles. The summed E-state index contributed by atoms with van der Waals surface area (Å²) in [7, 11) is 1.68. The Morgan fingerprint density at radius 2 is 2.05 bits per heavy atom. The Bertz CT molecular complexity index is 510. The van der Waals surface area contributed by atoms with Gasteiger partial charge >= 0.3 is 0 Å². The largest absolute Gasteiger partial charge is 0.497 e. The second-order valence-corrected chi connectivity index (χ2v) is 5.16. The number of nitrogens with one attached hydrogen (secondary N) is 1. The van der Waals surface area contributed by atoms with E-state index in [1.807, 2.05) is 30.3 Å². The van der Waals surface area contributed by atoms with Gasteiger partial charge in [0.2, 0.25) is 0 Å². The average Bonchev–Trinajstić information content (AvgIpc) is 2.91. The third-order valence-electron chi connectivity index (χ3n) is 2.69. The van der Waals surface area contributed by atoms with Crippen LogP contribution in [-0.4, -0.2) is 13.7 Å². The van der Waals surface area contributed by atoms with E-state index in [0.717, 1.165) is 36.1 Å². The molecule has 0 bridgehead atoms. The molecule has 1 aromatic heterocycles. The first-order valence-corrected chi connectivity index (χ1v) is 7.35. The average molecular weight is 277 g/mol. The molecule has 3 nitrogen and oxygen atoms in total. The van der Waals surface area contributed by atoms with Gasteiger partial charge in [0.1, 0.15) is 17.3 Å². The molecule has 2 rings (SSSR count). The minimum absolute atomic E-state index is 0.792. The van der Waals surface area contributed by atoms with Gasteiger partial charge in [0, 0.05) is 4.90 Å². The predicted molar refractivity (Wildman–Crippen MR) is 78.6 cm³/mol. The summed E-state index contributed by atoms with van der Waals surface area (Å²) in [5.41, 5.74) is 0. The van der Waals surface area contributed by atoms with E-state index in [1.54, 1.807) is 18.9 Å². The molecule has 0 aliphatic heterocycles. The van der Waals surface area contributed by atoms with Gasteiger partial charge in [-0.3, -0.25) is 0 Å². The van der Waals surface area contributed by atoms with Crippen LogP contribution in [0.2, 0.25) is 0 Å². The summed E-state index contributed by atoms with van der Waals surface area (Å²) in [6.07, 6.45) is 0. The van der Waals surface area contributed by atoms with Crippen LogP contribution < -0.4 is 10.1 Å². The highest BCUT2D eigenvalue weighted by atomic mass is 32.2. The lowest BCUT2D eigenvalue weighted by Gasteiger charge is -2.03. The van der Waals surface area contributed by atoms with Crippen molar-refractivity contribution in [2.75, 3.05) is 13.7 Å². The van der Waals surface area contributed by atoms with E-state index in [1.165, 1.54) is 4.90 Å². The lowest BCUT2D eigenvalue weighted by Crippen LogP contribution is -2.10. The lowest BCUT2D eigenvalue weighted by molar-refractivity contribution is 0.413.